The minimum Gasteiger partial charge on any atom is -0.308 e. The molecule has 0 fully saturated rings. The van der Waals surface area contributed by atoms with Crippen LogP contribution in [0, 0.1) is 5.41 Å². The quantitative estimate of drug-likeness (QED) is 0.758. The van der Waals surface area contributed by atoms with Crippen molar-refractivity contribution in [2.75, 3.05) is 20.6 Å². The van der Waals surface area contributed by atoms with Gasteiger partial charge in [0.2, 0.25) is 0 Å². The third kappa shape index (κ3) is 1.90. The molecule has 1 aromatic rings. The van der Waals surface area contributed by atoms with E-state index in [2.05, 4.69) is 17.9 Å². The van der Waals surface area contributed by atoms with E-state index >= 15 is 0 Å². The molecule has 2 heteroatoms. The van der Waals surface area contributed by atoms with E-state index in [0.717, 1.165) is 24.9 Å². The Kier molecular flexibility index (Phi) is 2.85. The Morgan fingerprint density at radius 1 is 1.31 bits per heavy atom. The maximum absolute atomic E-state index is 12.4. The SMILES string of the molecule is CN(C)CC1(C)CCc2ccccc2C1=O. The molecule has 2 nitrogen and oxygen atoms in total. The van der Waals surface area contributed by atoms with Crippen LogP contribution in [0.2, 0.25) is 0 Å². The topological polar surface area (TPSA) is 20.3 Å². The number of hydrogen-bond acceptors (Lipinski definition) is 2. The van der Waals surface area contributed by atoms with E-state index in [9.17, 15) is 4.79 Å². The van der Waals surface area contributed by atoms with Crippen LogP contribution < -0.4 is 0 Å². The molecule has 0 spiro atoms. The molecular weight excluding hydrogens is 198 g/mol. The lowest BCUT2D eigenvalue weighted by molar-refractivity contribution is 0.0732. The molecule has 0 amide bonds. The Morgan fingerprint density at radius 2 is 2.00 bits per heavy atom. The van der Waals surface area contributed by atoms with Crippen molar-refractivity contribution in [3.05, 3.63) is 35.4 Å². The summed E-state index contributed by atoms with van der Waals surface area (Å²) < 4.78 is 0. The average molecular weight is 217 g/mol. The summed E-state index contributed by atoms with van der Waals surface area (Å²) in [7, 11) is 4.05. The Labute approximate surface area is 97.3 Å². The maximum atomic E-state index is 12.4. The van der Waals surface area contributed by atoms with E-state index in [4.69, 9.17) is 0 Å². The highest BCUT2D eigenvalue weighted by atomic mass is 16.1. The lowest BCUT2D eigenvalue weighted by Gasteiger charge is -2.35. The molecule has 0 saturated heterocycles. The molecule has 0 aromatic heterocycles. The van der Waals surface area contributed by atoms with Gasteiger partial charge in [-0.05, 0) is 32.5 Å². The molecule has 0 N–H and O–H groups in total. The molecule has 16 heavy (non-hydrogen) atoms. The van der Waals surface area contributed by atoms with Crippen molar-refractivity contribution in [3.8, 4) is 0 Å². The van der Waals surface area contributed by atoms with Crippen molar-refractivity contribution in [3.63, 3.8) is 0 Å². The van der Waals surface area contributed by atoms with Gasteiger partial charge in [0, 0.05) is 17.5 Å². The number of Topliss-reactive ketones (excluding diaryl/α,β-unsaturated/α-hetero) is 1. The fourth-order valence-corrected chi connectivity index (χ4v) is 2.66. The highest BCUT2D eigenvalue weighted by Crippen LogP contribution is 2.35. The van der Waals surface area contributed by atoms with E-state index < -0.39 is 0 Å². The van der Waals surface area contributed by atoms with Crippen LogP contribution in [0.15, 0.2) is 24.3 Å². The number of hydrogen-bond donors (Lipinski definition) is 0. The lowest BCUT2D eigenvalue weighted by atomic mass is 9.71. The van der Waals surface area contributed by atoms with E-state index in [-0.39, 0.29) is 5.41 Å². The van der Waals surface area contributed by atoms with Crippen LogP contribution >= 0.6 is 0 Å². The number of rotatable bonds is 2. The molecule has 0 heterocycles. The van der Waals surface area contributed by atoms with Gasteiger partial charge in [-0.1, -0.05) is 31.2 Å². The predicted molar refractivity (Wildman–Crippen MR) is 65.8 cm³/mol. The van der Waals surface area contributed by atoms with Gasteiger partial charge in [-0.25, -0.2) is 0 Å². The van der Waals surface area contributed by atoms with Crippen LogP contribution in [-0.4, -0.2) is 31.3 Å². The van der Waals surface area contributed by atoms with Gasteiger partial charge in [-0.2, -0.15) is 0 Å². The molecule has 0 bridgehead atoms. The van der Waals surface area contributed by atoms with Crippen molar-refractivity contribution in [1.29, 1.82) is 0 Å². The van der Waals surface area contributed by atoms with E-state index in [0.29, 0.717) is 5.78 Å². The molecule has 1 atom stereocenters. The Hall–Kier alpha value is -1.15. The molecule has 86 valence electrons. The van der Waals surface area contributed by atoms with Crippen LogP contribution in [0.5, 0.6) is 0 Å². The van der Waals surface area contributed by atoms with Crippen LogP contribution in [-0.2, 0) is 6.42 Å². The number of fused-ring (bicyclic) bond motifs is 1. The standard InChI is InChI=1S/C14H19NO/c1-14(10-15(2)3)9-8-11-6-4-5-7-12(11)13(14)16/h4-7H,8-10H2,1-3H3. The minimum atomic E-state index is -0.210. The van der Waals surface area contributed by atoms with E-state index in [1.165, 1.54) is 5.56 Å². The lowest BCUT2D eigenvalue weighted by Crippen LogP contribution is -2.41. The summed E-state index contributed by atoms with van der Waals surface area (Å²) in [6.07, 6.45) is 1.98. The van der Waals surface area contributed by atoms with Gasteiger partial charge in [0.1, 0.15) is 0 Å². The number of nitrogens with zero attached hydrogens (tertiary/aromatic N) is 1. The normalized spacial score (nSPS) is 24.6. The van der Waals surface area contributed by atoms with Crippen LogP contribution in [0.4, 0.5) is 0 Å². The second-order valence-corrected chi connectivity index (χ2v) is 5.28. The summed E-state index contributed by atoms with van der Waals surface area (Å²) in [5, 5.41) is 0. The van der Waals surface area contributed by atoms with Crippen LogP contribution in [0.25, 0.3) is 0 Å². The second-order valence-electron chi connectivity index (χ2n) is 5.28. The molecule has 1 aliphatic rings. The summed E-state index contributed by atoms with van der Waals surface area (Å²) >= 11 is 0. The summed E-state index contributed by atoms with van der Waals surface area (Å²) in [5.74, 6) is 0.308. The first-order valence-electron chi connectivity index (χ1n) is 5.80. The van der Waals surface area contributed by atoms with Gasteiger partial charge in [0.15, 0.2) is 5.78 Å². The smallest absolute Gasteiger partial charge is 0.170 e. The largest absolute Gasteiger partial charge is 0.308 e. The number of carbonyl (C=O) groups is 1. The molecule has 1 aliphatic carbocycles. The number of ketones is 1. The number of benzene rings is 1. The van der Waals surface area contributed by atoms with Crippen molar-refractivity contribution < 1.29 is 4.79 Å². The van der Waals surface area contributed by atoms with E-state index in [1.54, 1.807) is 0 Å². The molecule has 0 radical (unpaired) electrons. The highest BCUT2D eigenvalue weighted by Gasteiger charge is 2.38. The summed E-state index contributed by atoms with van der Waals surface area (Å²) in [6.45, 7) is 2.92. The minimum absolute atomic E-state index is 0.210. The van der Waals surface area contributed by atoms with Gasteiger partial charge < -0.3 is 4.90 Å². The first-order valence-corrected chi connectivity index (χ1v) is 5.80. The summed E-state index contributed by atoms with van der Waals surface area (Å²) in [6, 6.07) is 8.01. The summed E-state index contributed by atoms with van der Waals surface area (Å²) in [4.78, 5) is 14.6. The number of aryl methyl sites for hydroxylation is 1. The van der Waals surface area contributed by atoms with Gasteiger partial charge in [-0.15, -0.1) is 0 Å². The predicted octanol–water partition coefficient (Wildman–Crippen LogP) is 2.38. The van der Waals surface area contributed by atoms with E-state index in [1.807, 2.05) is 32.3 Å². The highest BCUT2D eigenvalue weighted by molar-refractivity contribution is 6.02. The first kappa shape index (κ1) is 11.3. The maximum Gasteiger partial charge on any atom is 0.170 e. The zero-order valence-corrected chi connectivity index (χ0v) is 10.3. The Morgan fingerprint density at radius 3 is 2.69 bits per heavy atom. The molecule has 1 aromatic carbocycles. The van der Waals surface area contributed by atoms with Crippen molar-refractivity contribution in [2.24, 2.45) is 5.41 Å². The zero-order chi connectivity index (χ0) is 11.8. The van der Waals surface area contributed by atoms with Gasteiger partial charge in [0.05, 0.1) is 0 Å². The van der Waals surface area contributed by atoms with Gasteiger partial charge in [-0.3, -0.25) is 4.79 Å². The molecule has 0 aliphatic heterocycles. The third-order valence-corrected chi connectivity index (χ3v) is 3.42. The summed E-state index contributed by atoms with van der Waals surface area (Å²) in [5.41, 5.74) is 1.93. The van der Waals surface area contributed by atoms with Crippen LogP contribution in [0.3, 0.4) is 0 Å². The molecule has 2 rings (SSSR count). The number of carbonyl (C=O) groups excluding carboxylic acids is 1. The van der Waals surface area contributed by atoms with Crippen molar-refractivity contribution in [2.45, 2.75) is 19.8 Å². The average Bonchev–Trinajstić information content (AvgIpc) is 2.24. The van der Waals surface area contributed by atoms with Gasteiger partial charge >= 0.3 is 0 Å². The Balaban J connectivity index is 2.34. The van der Waals surface area contributed by atoms with Crippen molar-refractivity contribution in [1.82, 2.24) is 4.90 Å². The second kappa shape index (κ2) is 4.02. The zero-order valence-electron chi connectivity index (χ0n) is 10.3. The fraction of sp³-hybridized carbons (Fsp3) is 0.500. The molecular formula is C14H19NO. The monoisotopic (exact) mass is 217 g/mol. The van der Waals surface area contributed by atoms with Gasteiger partial charge in [0.25, 0.3) is 0 Å². The fourth-order valence-electron chi connectivity index (χ4n) is 2.66. The molecule has 1 unspecified atom stereocenters. The third-order valence-electron chi connectivity index (χ3n) is 3.42. The van der Waals surface area contributed by atoms with Crippen molar-refractivity contribution >= 4 is 5.78 Å². The molecule has 0 saturated carbocycles. The first-order chi connectivity index (χ1) is 7.53. The Bertz CT molecular complexity index is 411. The van der Waals surface area contributed by atoms with Crippen LogP contribution in [0.1, 0.15) is 29.3 Å².